The van der Waals surface area contributed by atoms with Gasteiger partial charge in [0.15, 0.2) is 23.9 Å². The molecule has 6 rings (SSSR count). The molecule has 2 aromatic carbocycles. The van der Waals surface area contributed by atoms with Gasteiger partial charge in [-0.15, -0.1) is 0 Å². The number of ketones is 1. The van der Waals surface area contributed by atoms with E-state index in [1.165, 1.54) is 19.3 Å². The molecule has 6 heteroatoms. The van der Waals surface area contributed by atoms with E-state index in [-0.39, 0.29) is 23.7 Å². The summed E-state index contributed by atoms with van der Waals surface area (Å²) in [6.07, 6.45) is 10.8. The highest BCUT2D eigenvalue weighted by Gasteiger charge is 2.53. The van der Waals surface area contributed by atoms with Crippen LogP contribution >= 0.6 is 0 Å². The summed E-state index contributed by atoms with van der Waals surface area (Å²) < 4.78 is 16.5. The molecule has 35 heavy (non-hydrogen) atoms. The fourth-order valence-electron chi connectivity index (χ4n) is 6.75. The van der Waals surface area contributed by atoms with Gasteiger partial charge in [0.25, 0.3) is 5.91 Å². The van der Waals surface area contributed by atoms with Crippen molar-refractivity contribution >= 4 is 23.5 Å². The Labute approximate surface area is 206 Å². The third-order valence-corrected chi connectivity index (χ3v) is 7.92. The summed E-state index contributed by atoms with van der Waals surface area (Å²) in [7, 11) is 3.12. The summed E-state index contributed by atoms with van der Waals surface area (Å²) in [5.74, 6) is 3.77. The Hall–Kier alpha value is -3.28. The molecule has 0 aliphatic heterocycles. The van der Waals surface area contributed by atoms with Crippen LogP contribution in [-0.2, 0) is 9.59 Å². The molecule has 1 amide bonds. The van der Waals surface area contributed by atoms with E-state index in [0.717, 1.165) is 42.6 Å². The van der Waals surface area contributed by atoms with Crippen molar-refractivity contribution in [2.24, 2.45) is 23.2 Å². The van der Waals surface area contributed by atoms with Crippen LogP contribution in [0, 0.1) is 23.2 Å². The van der Waals surface area contributed by atoms with Gasteiger partial charge < -0.3 is 19.5 Å². The lowest BCUT2D eigenvalue weighted by atomic mass is 9.48. The Balaban J connectivity index is 1.21. The number of hydrogen-bond donors (Lipinski definition) is 1. The quantitative estimate of drug-likeness (QED) is 0.484. The molecule has 0 radical (unpaired) electrons. The number of amides is 1. The van der Waals surface area contributed by atoms with Crippen LogP contribution in [0.5, 0.6) is 17.2 Å². The predicted octanol–water partition coefficient (Wildman–Crippen LogP) is 5.52. The second kappa shape index (κ2) is 9.76. The van der Waals surface area contributed by atoms with Crippen molar-refractivity contribution in [3.05, 3.63) is 54.1 Å². The van der Waals surface area contributed by atoms with E-state index in [1.807, 2.05) is 30.3 Å². The minimum Gasteiger partial charge on any atom is -0.495 e. The van der Waals surface area contributed by atoms with Crippen molar-refractivity contribution in [1.29, 1.82) is 0 Å². The molecular formula is C29H33NO5. The Morgan fingerprint density at radius 3 is 2.23 bits per heavy atom. The zero-order valence-electron chi connectivity index (χ0n) is 20.4. The van der Waals surface area contributed by atoms with Gasteiger partial charge in [0.1, 0.15) is 5.75 Å². The third-order valence-electron chi connectivity index (χ3n) is 7.92. The van der Waals surface area contributed by atoms with Gasteiger partial charge in [0.2, 0.25) is 0 Å². The highest BCUT2D eigenvalue weighted by Crippen LogP contribution is 2.60. The van der Waals surface area contributed by atoms with Crippen molar-refractivity contribution < 1.29 is 23.8 Å². The van der Waals surface area contributed by atoms with Crippen molar-refractivity contribution in [2.75, 3.05) is 26.1 Å². The first-order chi connectivity index (χ1) is 17.0. The highest BCUT2D eigenvalue weighted by atomic mass is 16.5. The van der Waals surface area contributed by atoms with Gasteiger partial charge >= 0.3 is 0 Å². The summed E-state index contributed by atoms with van der Waals surface area (Å²) in [6, 6.07) is 12.7. The van der Waals surface area contributed by atoms with Crippen molar-refractivity contribution in [1.82, 2.24) is 0 Å². The summed E-state index contributed by atoms with van der Waals surface area (Å²) in [5.41, 5.74) is 1.32. The second-order valence-corrected chi connectivity index (χ2v) is 10.3. The van der Waals surface area contributed by atoms with Crippen LogP contribution in [0.25, 0.3) is 6.08 Å². The molecule has 2 aromatic rings. The van der Waals surface area contributed by atoms with E-state index >= 15 is 0 Å². The maximum atomic E-state index is 13.3. The number of carbonyl (C=O) groups is 2. The molecule has 4 aliphatic carbocycles. The van der Waals surface area contributed by atoms with E-state index in [0.29, 0.717) is 22.9 Å². The molecule has 0 heterocycles. The summed E-state index contributed by atoms with van der Waals surface area (Å²) in [5, 5.41) is 2.79. The monoisotopic (exact) mass is 475 g/mol. The van der Waals surface area contributed by atoms with Gasteiger partial charge in [0, 0.05) is 5.41 Å². The molecule has 4 bridgehead atoms. The number of ether oxygens (including phenoxy) is 3. The molecule has 1 N–H and O–H groups in total. The van der Waals surface area contributed by atoms with Crippen LogP contribution in [0.1, 0.15) is 44.1 Å². The molecule has 0 spiro atoms. The number of hydrogen-bond acceptors (Lipinski definition) is 5. The molecule has 0 unspecified atom stereocenters. The number of benzene rings is 2. The zero-order valence-corrected chi connectivity index (χ0v) is 20.4. The average molecular weight is 476 g/mol. The van der Waals surface area contributed by atoms with Crippen LogP contribution in [0.4, 0.5) is 5.69 Å². The number of nitrogens with one attached hydrogen (secondary N) is 1. The molecule has 4 saturated carbocycles. The first-order valence-electron chi connectivity index (χ1n) is 12.4. The van der Waals surface area contributed by atoms with Gasteiger partial charge in [-0.25, -0.2) is 0 Å². The standard InChI is InChI=1S/C29H33NO5/c1-33-24-6-4-3-5-23(24)30-28(32)18-35-25-9-7-19(14-26(25)34-2)8-10-27(31)29-15-20-11-21(16-29)13-22(12-20)17-29/h3-10,14,20-22H,11-13,15-18H2,1-2H3,(H,30,32)/b10-8+. The largest absolute Gasteiger partial charge is 0.495 e. The highest BCUT2D eigenvalue weighted by molar-refractivity contribution is 5.98. The summed E-state index contributed by atoms with van der Waals surface area (Å²) in [6.45, 7) is -0.173. The Morgan fingerprint density at radius 2 is 1.57 bits per heavy atom. The molecular weight excluding hydrogens is 442 g/mol. The van der Waals surface area contributed by atoms with Crippen molar-refractivity contribution in [2.45, 2.75) is 38.5 Å². The number of allylic oxidation sites excluding steroid dienone is 1. The normalized spacial score (nSPS) is 26.5. The SMILES string of the molecule is COc1ccccc1NC(=O)COc1ccc(/C=C/C(=O)C23CC4CC(CC(C4)C2)C3)cc1OC. The Kier molecular flexibility index (Phi) is 6.54. The lowest BCUT2D eigenvalue weighted by Crippen LogP contribution is -2.49. The van der Waals surface area contributed by atoms with E-state index in [4.69, 9.17) is 14.2 Å². The molecule has 184 valence electrons. The van der Waals surface area contributed by atoms with Crippen LogP contribution in [0.2, 0.25) is 0 Å². The number of methoxy groups -OCH3 is 2. The fourth-order valence-corrected chi connectivity index (χ4v) is 6.75. The van der Waals surface area contributed by atoms with Gasteiger partial charge in [-0.1, -0.05) is 24.3 Å². The van der Waals surface area contributed by atoms with E-state index in [1.54, 1.807) is 38.5 Å². The fraction of sp³-hybridized carbons (Fsp3) is 0.448. The maximum Gasteiger partial charge on any atom is 0.262 e. The number of carbonyl (C=O) groups excluding carboxylic acids is 2. The van der Waals surface area contributed by atoms with E-state index in [2.05, 4.69) is 5.32 Å². The van der Waals surface area contributed by atoms with Crippen molar-refractivity contribution in [3.63, 3.8) is 0 Å². The lowest BCUT2D eigenvalue weighted by molar-refractivity contribution is -0.138. The number of anilines is 1. The van der Waals surface area contributed by atoms with E-state index in [9.17, 15) is 9.59 Å². The molecule has 0 aromatic heterocycles. The van der Waals surface area contributed by atoms with Crippen LogP contribution in [0.15, 0.2) is 48.5 Å². The maximum absolute atomic E-state index is 13.3. The molecule has 4 fully saturated rings. The van der Waals surface area contributed by atoms with Crippen LogP contribution in [0.3, 0.4) is 0 Å². The first kappa shape index (κ1) is 23.5. The number of rotatable bonds is 9. The Morgan fingerprint density at radius 1 is 0.914 bits per heavy atom. The molecule has 4 aliphatic rings. The molecule has 6 nitrogen and oxygen atoms in total. The number of para-hydroxylation sites is 2. The summed E-state index contributed by atoms with van der Waals surface area (Å²) >= 11 is 0. The van der Waals surface area contributed by atoms with Gasteiger partial charge in [-0.05, 0) is 92.2 Å². The second-order valence-electron chi connectivity index (χ2n) is 10.3. The van der Waals surface area contributed by atoms with Crippen molar-refractivity contribution in [3.8, 4) is 17.2 Å². The minimum atomic E-state index is -0.304. The lowest BCUT2D eigenvalue weighted by Gasteiger charge is -2.55. The summed E-state index contributed by atoms with van der Waals surface area (Å²) in [4.78, 5) is 25.6. The third kappa shape index (κ3) is 4.93. The Bertz CT molecular complexity index is 1100. The topological polar surface area (TPSA) is 73.9 Å². The molecule has 0 atom stereocenters. The van der Waals surface area contributed by atoms with Gasteiger partial charge in [-0.2, -0.15) is 0 Å². The molecule has 0 saturated heterocycles. The zero-order chi connectivity index (χ0) is 24.4. The van der Waals surface area contributed by atoms with Gasteiger partial charge in [0.05, 0.1) is 19.9 Å². The minimum absolute atomic E-state index is 0.132. The van der Waals surface area contributed by atoms with E-state index < -0.39 is 0 Å². The van der Waals surface area contributed by atoms with Crippen LogP contribution in [-0.4, -0.2) is 32.5 Å². The first-order valence-corrected chi connectivity index (χ1v) is 12.4. The average Bonchev–Trinajstić information content (AvgIpc) is 2.85. The smallest absolute Gasteiger partial charge is 0.262 e. The van der Waals surface area contributed by atoms with Crippen LogP contribution < -0.4 is 19.5 Å². The van der Waals surface area contributed by atoms with Gasteiger partial charge in [-0.3, -0.25) is 9.59 Å². The predicted molar refractivity (Wildman–Crippen MR) is 135 cm³/mol.